The summed E-state index contributed by atoms with van der Waals surface area (Å²) in [5, 5.41) is 10.2. The van der Waals surface area contributed by atoms with Crippen LogP contribution < -0.4 is 16.0 Å². The molecule has 1 aromatic heterocycles. The van der Waals surface area contributed by atoms with E-state index in [0.29, 0.717) is 42.6 Å². The van der Waals surface area contributed by atoms with Crippen LogP contribution >= 0.6 is 35.3 Å². The zero-order chi connectivity index (χ0) is 20.6. The average molecular weight is 541 g/mol. The molecule has 29 heavy (non-hydrogen) atoms. The van der Waals surface area contributed by atoms with E-state index in [9.17, 15) is 18.0 Å². The van der Waals surface area contributed by atoms with E-state index in [2.05, 4.69) is 25.9 Å². The number of nitrogens with zero attached hydrogens (tertiary/aromatic N) is 2. The topological polar surface area (TPSA) is 78.4 Å². The van der Waals surface area contributed by atoms with Crippen molar-refractivity contribution < 1.29 is 18.0 Å². The molecule has 0 radical (unpaired) electrons. The summed E-state index contributed by atoms with van der Waals surface area (Å²) in [4.78, 5) is 19.8. The zero-order valence-electron chi connectivity index (χ0n) is 16.0. The summed E-state index contributed by atoms with van der Waals surface area (Å²) < 4.78 is 37.8. The van der Waals surface area contributed by atoms with Gasteiger partial charge in [-0.25, -0.2) is 9.98 Å². The van der Waals surface area contributed by atoms with Gasteiger partial charge >= 0.3 is 6.18 Å². The van der Waals surface area contributed by atoms with Crippen molar-refractivity contribution in [3.63, 3.8) is 0 Å². The van der Waals surface area contributed by atoms with Crippen molar-refractivity contribution in [2.45, 2.75) is 26.1 Å². The summed E-state index contributed by atoms with van der Waals surface area (Å²) in [6.45, 7) is 3.31. The first-order valence-electron chi connectivity index (χ1n) is 8.68. The highest BCUT2D eigenvalue weighted by Crippen LogP contribution is 2.29. The molecule has 0 spiro atoms. The molecule has 3 N–H and O–H groups in total. The van der Waals surface area contributed by atoms with Gasteiger partial charge in [-0.15, -0.1) is 35.3 Å². The van der Waals surface area contributed by atoms with Gasteiger partial charge in [-0.1, -0.05) is 12.1 Å². The third-order valence-corrected chi connectivity index (χ3v) is 4.56. The van der Waals surface area contributed by atoms with Crippen LogP contribution in [0.5, 0.6) is 0 Å². The molecule has 1 aromatic carbocycles. The maximum Gasteiger partial charge on any atom is 0.434 e. The Morgan fingerprint density at radius 3 is 2.66 bits per heavy atom. The number of halogens is 4. The number of guanidine groups is 1. The van der Waals surface area contributed by atoms with Crippen LogP contribution in [0.25, 0.3) is 0 Å². The lowest BCUT2D eigenvalue weighted by molar-refractivity contribution is -0.140. The van der Waals surface area contributed by atoms with Crippen LogP contribution in [0.4, 0.5) is 13.2 Å². The fourth-order valence-corrected chi connectivity index (χ4v) is 3.12. The minimum Gasteiger partial charge on any atom is -0.357 e. The monoisotopic (exact) mass is 541 g/mol. The number of carbonyl (C=O) groups is 1. The summed E-state index contributed by atoms with van der Waals surface area (Å²) in [7, 11) is 1.57. The predicted molar refractivity (Wildman–Crippen MR) is 119 cm³/mol. The largest absolute Gasteiger partial charge is 0.434 e. The number of rotatable bonds is 7. The first kappa shape index (κ1) is 25.1. The normalized spacial score (nSPS) is 11.6. The van der Waals surface area contributed by atoms with Crippen LogP contribution in [0.3, 0.4) is 0 Å². The van der Waals surface area contributed by atoms with Crippen molar-refractivity contribution in [1.82, 2.24) is 20.9 Å². The van der Waals surface area contributed by atoms with E-state index >= 15 is 0 Å². The van der Waals surface area contributed by atoms with Crippen LogP contribution in [0.15, 0.2) is 34.6 Å². The second-order valence-electron chi connectivity index (χ2n) is 5.78. The smallest absolute Gasteiger partial charge is 0.357 e. The third-order valence-electron chi connectivity index (χ3n) is 3.65. The van der Waals surface area contributed by atoms with Crippen LogP contribution in [0, 0.1) is 0 Å². The predicted octanol–water partition coefficient (Wildman–Crippen LogP) is 3.44. The van der Waals surface area contributed by atoms with Gasteiger partial charge in [0.05, 0.1) is 11.6 Å². The molecule has 0 aliphatic heterocycles. The summed E-state index contributed by atoms with van der Waals surface area (Å²) in [5.74, 6) is 0.373. The van der Waals surface area contributed by atoms with Gasteiger partial charge in [0.25, 0.3) is 5.91 Å². The van der Waals surface area contributed by atoms with E-state index in [-0.39, 0.29) is 29.9 Å². The standard InChI is InChI=1S/C18H22F3N5OS.HI/c1-3-23-17(24-8-7-15-26-14(11-28-15)18(19,20)21)25-10-12-5-4-6-13(9-12)16(27)22-2;/h4-6,9,11H,3,7-8,10H2,1-2H3,(H,22,27)(H2,23,24,25);1H. The fourth-order valence-electron chi connectivity index (χ4n) is 2.31. The van der Waals surface area contributed by atoms with Gasteiger partial charge in [-0.2, -0.15) is 13.2 Å². The Morgan fingerprint density at radius 2 is 2.03 bits per heavy atom. The van der Waals surface area contributed by atoms with Gasteiger partial charge in [0.15, 0.2) is 11.7 Å². The number of benzene rings is 1. The molecule has 0 aliphatic carbocycles. The molecule has 0 unspecified atom stereocenters. The lowest BCUT2D eigenvalue weighted by atomic mass is 10.1. The Bertz CT molecular complexity index is 826. The average Bonchev–Trinajstić information content (AvgIpc) is 3.15. The Hall–Kier alpha value is -1.89. The number of amides is 1. The third kappa shape index (κ3) is 8.17. The van der Waals surface area contributed by atoms with E-state index in [1.54, 1.807) is 25.2 Å². The number of hydrogen-bond acceptors (Lipinski definition) is 4. The molecule has 0 atom stereocenters. The number of carbonyl (C=O) groups excluding carboxylic acids is 1. The van der Waals surface area contributed by atoms with E-state index in [1.807, 2.05) is 13.0 Å². The van der Waals surface area contributed by atoms with Crippen molar-refractivity contribution in [2.75, 3.05) is 20.1 Å². The van der Waals surface area contributed by atoms with Gasteiger partial charge in [-0.3, -0.25) is 4.79 Å². The van der Waals surface area contributed by atoms with Crippen molar-refractivity contribution in [2.24, 2.45) is 4.99 Å². The molecular weight excluding hydrogens is 518 g/mol. The summed E-state index contributed by atoms with van der Waals surface area (Å²) in [5.41, 5.74) is 0.564. The molecule has 2 rings (SSSR count). The molecule has 2 aromatic rings. The fraction of sp³-hybridized carbons (Fsp3) is 0.389. The number of nitrogens with one attached hydrogen (secondary N) is 3. The second-order valence-corrected chi connectivity index (χ2v) is 6.72. The SMILES string of the molecule is CCNC(=NCc1cccc(C(=O)NC)c1)NCCc1nc(C(F)(F)F)cs1.I. The van der Waals surface area contributed by atoms with E-state index in [0.717, 1.165) is 22.3 Å². The highest BCUT2D eigenvalue weighted by atomic mass is 127. The summed E-state index contributed by atoms with van der Waals surface area (Å²) in [6, 6.07) is 7.14. The molecule has 0 bridgehead atoms. The number of alkyl halides is 3. The second kappa shape index (κ2) is 12.0. The molecule has 160 valence electrons. The molecule has 11 heteroatoms. The highest BCUT2D eigenvalue weighted by molar-refractivity contribution is 14.0. The van der Waals surface area contributed by atoms with Crippen LogP contribution in [-0.2, 0) is 19.1 Å². The maximum atomic E-state index is 12.6. The molecule has 0 aliphatic rings. The Kier molecular flexibility index (Phi) is 10.4. The molecule has 0 saturated carbocycles. The van der Waals surface area contributed by atoms with E-state index < -0.39 is 11.9 Å². The van der Waals surface area contributed by atoms with Crippen molar-refractivity contribution in [3.8, 4) is 0 Å². The molecule has 1 heterocycles. The number of aromatic nitrogens is 1. The summed E-state index contributed by atoms with van der Waals surface area (Å²) >= 11 is 0.989. The highest BCUT2D eigenvalue weighted by Gasteiger charge is 2.33. The number of aliphatic imine (C=N–C) groups is 1. The van der Waals surface area contributed by atoms with Crippen molar-refractivity contribution >= 4 is 47.2 Å². The van der Waals surface area contributed by atoms with Gasteiger partial charge in [-0.05, 0) is 24.6 Å². The molecule has 0 fully saturated rings. The van der Waals surface area contributed by atoms with E-state index in [4.69, 9.17) is 0 Å². The summed E-state index contributed by atoms with van der Waals surface area (Å²) in [6.07, 6.45) is -4.06. The Morgan fingerprint density at radius 1 is 1.28 bits per heavy atom. The minimum atomic E-state index is -4.41. The quantitative estimate of drug-likeness (QED) is 0.285. The first-order valence-corrected chi connectivity index (χ1v) is 9.56. The number of thiazole rings is 1. The lowest BCUT2D eigenvalue weighted by Crippen LogP contribution is -2.38. The van der Waals surface area contributed by atoms with Crippen LogP contribution in [-0.4, -0.2) is 37.0 Å². The van der Waals surface area contributed by atoms with E-state index in [1.165, 1.54) is 0 Å². The molecular formula is C18H23F3IN5OS. The molecule has 0 saturated heterocycles. The minimum absolute atomic E-state index is 0. The van der Waals surface area contributed by atoms with Crippen molar-refractivity contribution in [3.05, 3.63) is 51.5 Å². The zero-order valence-corrected chi connectivity index (χ0v) is 19.1. The maximum absolute atomic E-state index is 12.6. The van der Waals surface area contributed by atoms with Crippen LogP contribution in [0.1, 0.15) is 33.5 Å². The molecule has 1 amide bonds. The van der Waals surface area contributed by atoms with Gasteiger partial charge < -0.3 is 16.0 Å². The molecule has 6 nitrogen and oxygen atoms in total. The first-order chi connectivity index (χ1) is 13.3. The van der Waals surface area contributed by atoms with Gasteiger partial charge in [0.2, 0.25) is 0 Å². The van der Waals surface area contributed by atoms with Gasteiger partial charge in [0, 0.05) is 37.5 Å². The van der Waals surface area contributed by atoms with Crippen molar-refractivity contribution in [1.29, 1.82) is 0 Å². The number of hydrogen-bond donors (Lipinski definition) is 3. The Balaban J connectivity index is 0.00000420. The Labute approximate surface area is 188 Å². The van der Waals surface area contributed by atoms with Crippen LogP contribution in [0.2, 0.25) is 0 Å². The lowest BCUT2D eigenvalue weighted by Gasteiger charge is -2.11. The van der Waals surface area contributed by atoms with Gasteiger partial charge in [0.1, 0.15) is 0 Å².